The number of aromatic nitrogens is 2. The summed E-state index contributed by atoms with van der Waals surface area (Å²) in [6.07, 6.45) is 1.69. The minimum absolute atomic E-state index is 0.0721. The average Bonchev–Trinajstić information content (AvgIpc) is 2.77. The second-order valence-electron chi connectivity index (χ2n) is 7.07. The van der Waals surface area contributed by atoms with Crippen molar-refractivity contribution in [2.75, 3.05) is 11.9 Å². The molecule has 7 nitrogen and oxygen atoms in total. The summed E-state index contributed by atoms with van der Waals surface area (Å²) >= 11 is 6.04. The Labute approximate surface area is 189 Å². The van der Waals surface area contributed by atoms with Crippen LogP contribution in [-0.2, 0) is 11.4 Å². The quantitative estimate of drug-likeness (QED) is 0.456. The van der Waals surface area contributed by atoms with Crippen LogP contribution in [0.5, 0.6) is 11.5 Å². The number of aryl methyl sites for hydroxylation is 1. The highest BCUT2D eigenvalue weighted by molar-refractivity contribution is 6.32. The minimum atomic E-state index is -0.362. The second-order valence-corrected chi connectivity index (χ2v) is 7.48. The molecule has 4 rings (SSSR count). The Hall–Kier alpha value is -3.84. The third-order valence-electron chi connectivity index (χ3n) is 4.61. The fraction of sp³-hybridized carbons (Fsp3) is 0.125. The molecule has 0 fully saturated rings. The van der Waals surface area contributed by atoms with Gasteiger partial charge in [-0.2, -0.15) is 0 Å². The zero-order valence-electron chi connectivity index (χ0n) is 17.2. The summed E-state index contributed by atoms with van der Waals surface area (Å²) in [6.45, 7) is 1.80. The van der Waals surface area contributed by atoms with Gasteiger partial charge in [0.25, 0.3) is 11.5 Å². The van der Waals surface area contributed by atoms with Gasteiger partial charge in [-0.1, -0.05) is 35.9 Å². The topological polar surface area (TPSA) is 81.9 Å². The van der Waals surface area contributed by atoms with Crippen molar-refractivity contribution in [3.05, 3.63) is 99.6 Å². The predicted octanol–water partition coefficient (Wildman–Crippen LogP) is 4.25. The summed E-state index contributed by atoms with van der Waals surface area (Å²) in [5, 5.41) is 3.20. The van der Waals surface area contributed by atoms with Crippen molar-refractivity contribution in [2.45, 2.75) is 13.5 Å². The van der Waals surface area contributed by atoms with Crippen molar-refractivity contribution in [3.8, 4) is 11.5 Å². The molecule has 0 aliphatic rings. The molecule has 162 valence electrons. The van der Waals surface area contributed by atoms with Gasteiger partial charge in [0.2, 0.25) is 0 Å². The van der Waals surface area contributed by atoms with E-state index in [0.717, 1.165) is 5.56 Å². The van der Waals surface area contributed by atoms with Crippen molar-refractivity contribution in [2.24, 2.45) is 0 Å². The van der Waals surface area contributed by atoms with Crippen molar-refractivity contribution in [1.29, 1.82) is 0 Å². The molecule has 0 aliphatic heterocycles. The van der Waals surface area contributed by atoms with Crippen LogP contribution in [0.2, 0.25) is 5.02 Å². The maximum absolute atomic E-state index is 12.4. The van der Waals surface area contributed by atoms with Crippen LogP contribution in [0, 0.1) is 6.92 Å². The average molecular weight is 450 g/mol. The number of nitrogens with one attached hydrogen (secondary N) is 1. The number of hydrogen-bond donors (Lipinski definition) is 1. The third-order valence-corrected chi connectivity index (χ3v) is 4.92. The van der Waals surface area contributed by atoms with Crippen molar-refractivity contribution in [3.63, 3.8) is 0 Å². The summed E-state index contributed by atoms with van der Waals surface area (Å²) in [5.41, 5.74) is 2.33. The maximum Gasteiger partial charge on any atom is 0.262 e. The zero-order valence-corrected chi connectivity index (χ0v) is 18.0. The normalized spacial score (nSPS) is 10.7. The van der Waals surface area contributed by atoms with E-state index in [1.165, 1.54) is 10.5 Å². The molecule has 0 radical (unpaired) electrons. The summed E-state index contributed by atoms with van der Waals surface area (Å²) in [6, 6.07) is 19.0. The van der Waals surface area contributed by atoms with Gasteiger partial charge in [0.1, 0.15) is 23.8 Å². The number of carbonyl (C=O) groups excluding carboxylic acids is 1. The molecular formula is C24H20ClN3O4. The molecule has 1 N–H and O–H groups in total. The van der Waals surface area contributed by atoms with Crippen LogP contribution in [0.15, 0.2) is 77.7 Å². The molecular weight excluding hydrogens is 430 g/mol. The molecule has 0 unspecified atom stereocenters. The number of fused-ring (bicyclic) bond motifs is 1. The number of para-hydroxylation sites is 3. The number of anilines is 1. The van der Waals surface area contributed by atoms with E-state index in [-0.39, 0.29) is 24.7 Å². The zero-order chi connectivity index (χ0) is 22.5. The second kappa shape index (κ2) is 9.53. The molecule has 1 amide bonds. The number of ether oxygens (including phenoxy) is 2. The first-order chi connectivity index (χ1) is 15.5. The van der Waals surface area contributed by atoms with Gasteiger partial charge < -0.3 is 14.8 Å². The fourth-order valence-electron chi connectivity index (χ4n) is 3.07. The highest BCUT2D eigenvalue weighted by atomic mass is 35.5. The summed E-state index contributed by atoms with van der Waals surface area (Å²) in [7, 11) is 0. The molecule has 0 atom stereocenters. The Kier molecular flexibility index (Phi) is 6.37. The van der Waals surface area contributed by atoms with Crippen LogP contribution < -0.4 is 20.3 Å². The standard InChI is InChI=1S/C24H20ClN3O4/c1-16-10-11-28-22(12-16)26-17(13-24(28)30)14-31-21-9-5-3-7-19(21)27-23(29)15-32-20-8-4-2-6-18(20)25/h2-13H,14-15H2,1H3,(H,27,29). The molecule has 32 heavy (non-hydrogen) atoms. The van der Waals surface area contributed by atoms with Gasteiger partial charge in [0.15, 0.2) is 6.61 Å². The van der Waals surface area contributed by atoms with Gasteiger partial charge in [0, 0.05) is 12.3 Å². The van der Waals surface area contributed by atoms with Gasteiger partial charge in [-0.3, -0.25) is 14.0 Å². The Morgan fingerprint density at radius 3 is 2.59 bits per heavy atom. The molecule has 0 saturated heterocycles. The SMILES string of the molecule is Cc1ccn2c(=O)cc(COc3ccccc3NC(=O)COc3ccccc3Cl)nc2c1. The molecule has 0 spiro atoms. The van der Waals surface area contributed by atoms with E-state index in [9.17, 15) is 9.59 Å². The van der Waals surface area contributed by atoms with Gasteiger partial charge in [0.05, 0.1) is 16.4 Å². The molecule has 8 heteroatoms. The van der Waals surface area contributed by atoms with Crippen molar-refractivity contribution < 1.29 is 14.3 Å². The fourth-order valence-corrected chi connectivity index (χ4v) is 3.26. The molecule has 0 saturated carbocycles. The number of nitrogens with zero attached hydrogens (tertiary/aromatic N) is 2. The van der Waals surface area contributed by atoms with Crippen LogP contribution in [-0.4, -0.2) is 21.9 Å². The lowest BCUT2D eigenvalue weighted by Crippen LogP contribution is -2.21. The van der Waals surface area contributed by atoms with Crippen LogP contribution in [0.1, 0.15) is 11.3 Å². The summed E-state index contributed by atoms with van der Waals surface area (Å²) in [5.74, 6) is 0.515. The van der Waals surface area contributed by atoms with Crippen LogP contribution in [0.4, 0.5) is 5.69 Å². The van der Waals surface area contributed by atoms with Gasteiger partial charge in [-0.05, 0) is 48.9 Å². The van der Waals surface area contributed by atoms with Gasteiger partial charge >= 0.3 is 0 Å². The summed E-state index contributed by atoms with van der Waals surface area (Å²) in [4.78, 5) is 29.2. The van der Waals surface area contributed by atoms with Crippen molar-refractivity contribution >= 4 is 28.8 Å². The lowest BCUT2D eigenvalue weighted by atomic mass is 10.3. The predicted molar refractivity (Wildman–Crippen MR) is 123 cm³/mol. The highest BCUT2D eigenvalue weighted by Gasteiger charge is 2.11. The highest BCUT2D eigenvalue weighted by Crippen LogP contribution is 2.25. The summed E-state index contributed by atoms with van der Waals surface area (Å²) < 4.78 is 12.8. The minimum Gasteiger partial charge on any atom is -0.485 e. The Morgan fingerprint density at radius 1 is 1.03 bits per heavy atom. The van der Waals surface area contributed by atoms with E-state index < -0.39 is 0 Å². The first-order valence-corrected chi connectivity index (χ1v) is 10.3. The molecule has 0 aliphatic carbocycles. The lowest BCUT2D eigenvalue weighted by Gasteiger charge is -2.13. The van der Waals surface area contributed by atoms with E-state index in [1.807, 2.05) is 19.1 Å². The number of benzene rings is 2. The van der Waals surface area contributed by atoms with E-state index >= 15 is 0 Å². The number of halogens is 1. The van der Waals surface area contributed by atoms with Crippen LogP contribution >= 0.6 is 11.6 Å². The largest absolute Gasteiger partial charge is 0.485 e. The van der Waals surface area contributed by atoms with E-state index in [0.29, 0.717) is 33.6 Å². The van der Waals surface area contributed by atoms with Crippen LogP contribution in [0.3, 0.4) is 0 Å². The molecule has 2 heterocycles. The van der Waals surface area contributed by atoms with Gasteiger partial charge in [-0.15, -0.1) is 0 Å². The van der Waals surface area contributed by atoms with E-state index in [4.69, 9.17) is 21.1 Å². The number of carbonyl (C=O) groups is 1. The number of rotatable bonds is 7. The number of amides is 1. The maximum atomic E-state index is 12.4. The lowest BCUT2D eigenvalue weighted by molar-refractivity contribution is -0.118. The molecule has 2 aromatic carbocycles. The van der Waals surface area contributed by atoms with Crippen molar-refractivity contribution in [1.82, 2.24) is 9.38 Å². The monoisotopic (exact) mass is 449 g/mol. The molecule has 2 aromatic heterocycles. The number of hydrogen-bond acceptors (Lipinski definition) is 5. The van der Waals surface area contributed by atoms with E-state index in [2.05, 4.69) is 10.3 Å². The first kappa shape index (κ1) is 21.4. The molecule has 0 bridgehead atoms. The molecule has 4 aromatic rings. The number of pyridine rings is 1. The van der Waals surface area contributed by atoms with Crippen LogP contribution in [0.25, 0.3) is 5.65 Å². The first-order valence-electron chi connectivity index (χ1n) is 9.87. The van der Waals surface area contributed by atoms with Gasteiger partial charge in [-0.25, -0.2) is 4.98 Å². The Balaban J connectivity index is 1.43. The Bertz CT molecular complexity index is 1340. The van der Waals surface area contributed by atoms with E-state index in [1.54, 1.807) is 54.7 Å². The third kappa shape index (κ3) is 5.07. The smallest absolute Gasteiger partial charge is 0.262 e. The Morgan fingerprint density at radius 2 is 1.78 bits per heavy atom.